The molecule has 24 heavy (non-hydrogen) atoms. The highest BCUT2D eigenvalue weighted by Gasteiger charge is 2.43. The number of benzene rings is 1. The van der Waals surface area contributed by atoms with Gasteiger partial charge in [0.15, 0.2) is 0 Å². The molecule has 0 saturated heterocycles. The van der Waals surface area contributed by atoms with Crippen molar-refractivity contribution in [2.75, 3.05) is 19.8 Å². The van der Waals surface area contributed by atoms with Crippen LogP contribution in [-0.2, 0) is 15.4 Å². The maximum atomic E-state index is 6.18. The number of hydrogen-bond acceptors (Lipinski definition) is 5. The van der Waals surface area contributed by atoms with E-state index in [-0.39, 0.29) is 0 Å². The van der Waals surface area contributed by atoms with E-state index in [0.717, 1.165) is 23.3 Å². The second-order valence-corrected chi connectivity index (χ2v) is 6.67. The molecule has 0 radical (unpaired) electrons. The Kier molecular flexibility index (Phi) is 6.24. The van der Waals surface area contributed by atoms with Crippen LogP contribution in [0.5, 0.6) is 5.75 Å². The molecule has 0 spiro atoms. The van der Waals surface area contributed by atoms with Gasteiger partial charge in [-0.1, -0.05) is 32.9 Å². The van der Waals surface area contributed by atoms with E-state index in [4.69, 9.17) is 19.9 Å². The van der Waals surface area contributed by atoms with Gasteiger partial charge < -0.3 is 19.9 Å². The maximum absolute atomic E-state index is 6.18. The summed E-state index contributed by atoms with van der Waals surface area (Å²) in [7, 11) is 0. The van der Waals surface area contributed by atoms with Crippen molar-refractivity contribution in [2.45, 2.75) is 47.0 Å². The molecule has 0 saturated carbocycles. The molecule has 5 nitrogen and oxygen atoms in total. The molecule has 134 valence electrons. The fourth-order valence-corrected chi connectivity index (χ4v) is 3.21. The Morgan fingerprint density at radius 1 is 1.12 bits per heavy atom. The molecule has 1 aliphatic rings. The van der Waals surface area contributed by atoms with Crippen molar-refractivity contribution in [3.8, 4) is 5.75 Å². The van der Waals surface area contributed by atoms with Crippen molar-refractivity contribution in [3.05, 3.63) is 29.3 Å². The minimum absolute atomic E-state index is 0.402. The third-order valence-electron chi connectivity index (χ3n) is 3.97. The monoisotopic (exact) mass is 334 g/mol. The van der Waals surface area contributed by atoms with Crippen molar-refractivity contribution in [1.29, 1.82) is 0 Å². The van der Waals surface area contributed by atoms with Crippen LogP contribution >= 0.6 is 0 Å². The SMILES string of the molecule is CCOC1(OCC)N=C(N)c2c(OCC(C)CC(C)C)cccc21. The summed E-state index contributed by atoms with van der Waals surface area (Å²) in [6.45, 7) is 12.1. The summed E-state index contributed by atoms with van der Waals surface area (Å²) in [5.41, 5.74) is 7.79. The molecule has 1 aromatic rings. The fourth-order valence-electron chi connectivity index (χ4n) is 3.21. The van der Waals surface area contributed by atoms with Gasteiger partial charge in [0.2, 0.25) is 0 Å². The molecule has 1 heterocycles. The number of nitrogens with zero attached hydrogens (tertiary/aromatic N) is 1. The second-order valence-electron chi connectivity index (χ2n) is 6.67. The van der Waals surface area contributed by atoms with Crippen molar-refractivity contribution in [3.63, 3.8) is 0 Å². The molecule has 2 N–H and O–H groups in total. The second kappa shape index (κ2) is 7.99. The van der Waals surface area contributed by atoms with Gasteiger partial charge in [0.25, 0.3) is 0 Å². The maximum Gasteiger partial charge on any atom is 0.300 e. The van der Waals surface area contributed by atoms with E-state index in [0.29, 0.717) is 37.5 Å². The first-order valence-corrected chi connectivity index (χ1v) is 8.83. The van der Waals surface area contributed by atoms with E-state index >= 15 is 0 Å². The van der Waals surface area contributed by atoms with Gasteiger partial charge in [0.05, 0.1) is 17.7 Å². The van der Waals surface area contributed by atoms with Gasteiger partial charge in [-0.15, -0.1) is 0 Å². The highest BCUT2D eigenvalue weighted by molar-refractivity contribution is 6.04. The lowest BCUT2D eigenvalue weighted by molar-refractivity contribution is -0.234. The molecule has 1 unspecified atom stereocenters. The van der Waals surface area contributed by atoms with Gasteiger partial charge in [-0.2, -0.15) is 0 Å². The molecule has 0 bridgehead atoms. The predicted molar refractivity (Wildman–Crippen MR) is 96.2 cm³/mol. The highest BCUT2D eigenvalue weighted by atomic mass is 16.7. The summed E-state index contributed by atoms with van der Waals surface area (Å²) in [5.74, 6) is 1.13. The number of aliphatic imine (C=N–C) groups is 1. The largest absolute Gasteiger partial charge is 0.493 e. The molecule has 1 aromatic carbocycles. The quantitative estimate of drug-likeness (QED) is 0.700. The van der Waals surface area contributed by atoms with Gasteiger partial charge in [0, 0.05) is 13.2 Å². The van der Waals surface area contributed by atoms with Gasteiger partial charge in [0.1, 0.15) is 11.6 Å². The number of rotatable bonds is 9. The minimum atomic E-state index is -1.15. The van der Waals surface area contributed by atoms with Crippen LogP contribution in [0, 0.1) is 11.8 Å². The topological polar surface area (TPSA) is 66.1 Å². The van der Waals surface area contributed by atoms with E-state index in [1.165, 1.54) is 0 Å². The van der Waals surface area contributed by atoms with Crippen LogP contribution in [0.25, 0.3) is 0 Å². The summed E-state index contributed by atoms with van der Waals surface area (Å²) >= 11 is 0. The Labute approximate surface area is 145 Å². The number of ether oxygens (including phenoxy) is 3. The van der Waals surface area contributed by atoms with Crippen molar-refractivity contribution >= 4 is 5.84 Å². The number of hydrogen-bond donors (Lipinski definition) is 1. The molecule has 0 amide bonds. The summed E-state index contributed by atoms with van der Waals surface area (Å²) in [5, 5.41) is 0. The lowest BCUT2D eigenvalue weighted by Crippen LogP contribution is -2.29. The normalized spacial score (nSPS) is 16.8. The van der Waals surface area contributed by atoms with Crippen molar-refractivity contribution in [1.82, 2.24) is 0 Å². The van der Waals surface area contributed by atoms with Crippen LogP contribution in [0.15, 0.2) is 23.2 Å². The van der Waals surface area contributed by atoms with Gasteiger partial charge >= 0.3 is 5.91 Å². The summed E-state index contributed by atoms with van der Waals surface area (Å²) in [4.78, 5) is 4.47. The third-order valence-corrected chi connectivity index (χ3v) is 3.97. The molecular weight excluding hydrogens is 304 g/mol. The molecule has 1 aliphatic heterocycles. The average Bonchev–Trinajstić information content (AvgIpc) is 2.79. The summed E-state index contributed by atoms with van der Waals surface area (Å²) in [6, 6.07) is 5.80. The minimum Gasteiger partial charge on any atom is -0.493 e. The van der Waals surface area contributed by atoms with Gasteiger partial charge in [-0.25, -0.2) is 4.99 Å². The molecule has 0 aliphatic carbocycles. The van der Waals surface area contributed by atoms with Crippen LogP contribution in [-0.4, -0.2) is 25.7 Å². The zero-order valence-corrected chi connectivity index (χ0v) is 15.5. The zero-order chi connectivity index (χ0) is 17.7. The first kappa shape index (κ1) is 18.7. The lowest BCUT2D eigenvalue weighted by Gasteiger charge is -2.26. The van der Waals surface area contributed by atoms with E-state index in [1.54, 1.807) is 0 Å². The molecule has 0 aromatic heterocycles. The Hall–Kier alpha value is -1.59. The number of nitrogens with two attached hydrogens (primary N) is 1. The summed E-state index contributed by atoms with van der Waals surface area (Å²) < 4.78 is 17.7. The molecular formula is C19H30N2O3. The standard InChI is InChI=1S/C19H30N2O3/c1-6-23-19(24-7-2)15-9-8-10-16(17(15)18(20)21-19)22-12-14(5)11-13(3)4/h8-10,13-14H,6-7,11-12H2,1-5H3,(H2,20,21). The van der Waals surface area contributed by atoms with Gasteiger partial charge in [-0.05, 0) is 38.2 Å². The third kappa shape index (κ3) is 3.90. The lowest BCUT2D eigenvalue weighted by atomic mass is 10.00. The molecule has 1 atom stereocenters. The first-order chi connectivity index (χ1) is 11.4. The van der Waals surface area contributed by atoms with Crippen LogP contribution in [0.2, 0.25) is 0 Å². The zero-order valence-electron chi connectivity index (χ0n) is 15.5. The number of fused-ring (bicyclic) bond motifs is 1. The summed E-state index contributed by atoms with van der Waals surface area (Å²) in [6.07, 6.45) is 1.13. The molecule has 5 heteroatoms. The van der Waals surface area contributed by atoms with Crippen molar-refractivity contribution < 1.29 is 14.2 Å². The van der Waals surface area contributed by atoms with Crippen LogP contribution in [0.1, 0.15) is 52.2 Å². The van der Waals surface area contributed by atoms with Crippen LogP contribution in [0.4, 0.5) is 0 Å². The Morgan fingerprint density at radius 2 is 1.79 bits per heavy atom. The van der Waals surface area contributed by atoms with E-state index in [1.807, 2.05) is 32.0 Å². The van der Waals surface area contributed by atoms with E-state index < -0.39 is 5.91 Å². The average molecular weight is 334 g/mol. The Balaban J connectivity index is 2.26. The smallest absolute Gasteiger partial charge is 0.300 e. The van der Waals surface area contributed by atoms with Crippen LogP contribution in [0.3, 0.4) is 0 Å². The highest BCUT2D eigenvalue weighted by Crippen LogP contribution is 2.40. The molecule has 2 rings (SSSR count). The van der Waals surface area contributed by atoms with Gasteiger partial charge in [-0.3, -0.25) is 0 Å². The van der Waals surface area contributed by atoms with E-state index in [2.05, 4.69) is 25.8 Å². The Morgan fingerprint density at radius 3 is 2.38 bits per heavy atom. The van der Waals surface area contributed by atoms with Crippen molar-refractivity contribution in [2.24, 2.45) is 22.6 Å². The Bertz CT molecular complexity index is 578. The fraction of sp³-hybridized carbons (Fsp3) is 0.632. The first-order valence-electron chi connectivity index (χ1n) is 8.83. The predicted octanol–water partition coefficient (Wildman–Crippen LogP) is 3.65. The van der Waals surface area contributed by atoms with E-state index in [9.17, 15) is 0 Å². The number of amidine groups is 1. The van der Waals surface area contributed by atoms with Crippen LogP contribution < -0.4 is 10.5 Å². The molecule has 0 fully saturated rings.